The maximum atomic E-state index is 12.8. The van der Waals surface area contributed by atoms with Gasteiger partial charge in [0.25, 0.3) is 0 Å². The summed E-state index contributed by atoms with van der Waals surface area (Å²) in [6, 6.07) is 8.15. The molecule has 1 atom stereocenters. The van der Waals surface area contributed by atoms with Crippen LogP contribution in [0.2, 0.25) is 0 Å². The van der Waals surface area contributed by atoms with Crippen LogP contribution in [-0.2, 0) is 22.5 Å². The third-order valence-electron chi connectivity index (χ3n) is 5.36. The zero-order valence-electron chi connectivity index (χ0n) is 18.3. The number of nitriles is 1. The summed E-state index contributed by atoms with van der Waals surface area (Å²) >= 11 is 1.36. The van der Waals surface area contributed by atoms with Gasteiger partial charge in [-0.05, 0) is 43.4 Å². The standard InChI is InChI=1S/C23H27N3O4S/c1-5-30-23(28)26-9-8-16-18(12-24)22(31-20(16)13-26)25-21(27)11-15(3)17-10-14(2)6-7-19(17)29-4/h6-7,10,15H,5,8-9,11,13H2,1-4H3,(H,25,27)/t15-/m0/s1. The SMILES string of the molecule is CCOC(=O)N1CCc2c(sc(NC(=O)C[C@H](C)c3cc(C)ccc3OC)c2C#N)C1. The number of thiophene rings is 1. The topological polar surface area (TPSA) is 91.7 Å². The molecule has 1 aliphatic heterocycles. The van der Waals surface area contributed by atoms with Gasteiger partial charge in [-0.1, -0.05) is 24.6 Å². The Bertz CT molecular complexity index is 1020. The average molecular weight is 442 g/mol. The van der Waals surface area contributed by atoms with Crippen molar-refractivity contribution in [3.8, 4) is 11.8 Å². The van der Waals surface area contributed by atoms with Crippen LogP contribution in [0.5, 0.6) is 5.75 Å². The van der Waals surface area contributed by atoms with Gasteiger partial charge in [-0.3, -0.25) is 4.79 Å². The lowest BCUT2D eigenvalue weighted by atomic mass is 9.95. The first-order valence-corrected chi connectivity index (χ1v) is 11.1. The van der Waals surface area contributed by atoms with E-state index in [2.05, 4.69) is 11.4 Å². The van der Waals surface area contributed by atoms with E-state index < -0.39 is 0 Å². The number of carbonyl (C=O) groups is 2. The molecular weight excluding hydrogens is 414 g/mol. The Morgan fingerprint density at radius 2 is 2.16 bits per heavy atom. The van der Waals surface area contributed by atoms with Crippen LogP contribution in [-0.4, -0.2) is 37.2 Å². The van der Waals surface area contributed by atoms with Crippen molar-refractivity contribution < 1.29 is 19.1 Å². The summed E-state index contributed by atoms with van der Waals surface area (Å²) in [5, 5.41) is 13.1. The molecule has 3 rings (SSSR count). The molecule has 0 bridgehead atoms. The number of methoxy groups -OCH3 is 1. The van der Waals surface area contributed by atoms with Crippen molar-refractivity contribution >= 4 is 28.3 Å². The quantitative estimate of drug-likeness (QED) is 0.708. The van der Waals surface area contributed by atoms with Crippen LogP contribution >= 0.6 is 11.3 Å². The van der Waals surface area contributed by atoms with Crippen molar-refractivity contribution in [1.29, 1.82) is 5.26 Å². The third-order valence-corrected chi connectivity index (χ3v) is 6.49. The number of carbonyl (C=O) groups excluding carboxylic acids is 2. The predicted octanol–water partition coefficient (Wildman–Crippen LogP) is 4.58. The molecular formula is C23H27N3O4S. The minimum Gasteiger partial charge on any atom is -0.496 e. The number of ether oxygens (including phenoxy) is 2. The summed E-state index contributed by atoms with van der Waals surface area (Å²) in [6.07, 6.45) is 0.481. The Labute approximate surface area is 186 Å². The highest BCUT2D eigenvalue weighted by atomic mass is 32.1. The number of fused-ring (bicyclic) bond motifs is 1. The molecule has 0 spiro atoms. The Kier molecular flexibility index (Phi) is 7.18. The van der Waals surface area contributed by atoms with Crippen molar-refractivity contribution in [2.75, 3.05) is 25.6 Å². The summed E-state index contributed by atoms with van der Waals surface area (Å²) in [7, 11) is 1.62. The van der Waals surface area contributed by atoms with Crippen molar-refractivity contribution in [2.24, 2.45) is 0 Å². The number of rotatable bonds is 6. The van der Waals surface area contributed by atoms with E-state index in [0.29, 0.717) is 36.7 Å². The number of nitrogens with zero attached hydrogens (tertiary/aromatic N) is 2. The normalized spacial score (nSPS) is 13.7. The number of hydrogen-bond donors (Lipinski definition) is 1. The third kappa shape index (κ3) is 5.00. The molecule has 0 saturated carbocycles. The van der Waals surface area contributed by atoms with Crippen LogP contribution in [0.3, 0.4) is 0 Å². The van der Waals surface area contributed by atoms with Crippen LogP contribution in [0.4, 0.5) is 9.80 Å². The molecule has 1 aliphatic rings. The average Bonchev–Trinajstić information content (AvgIpc) is 3.09. The summed E-state index contributed by atoms with van der Waals surface area (Å²) in [4.78, 5) is 27.4. The van der Waals surface area contributed by atoms with Gasteiger partial charge in [0, 0.05) is 17.8 Å². The number of anilines is 1. The number of amides is 2. The Morgan fingerprint density at radius 3 is 2.84 bits per heavy atom. The first-order valence-electron chi connectivity index (χ1n) is 10.3. The Hall–Kier alpha value is -3.05. The molecule has 2 aromatic rings. The van der Waals surface area contributed by atoms with E-state index in [1.807, 2.05) is 32.0 Å². The van der Waals surface area contributed by atoms with Crippen LogP contribution < -0.4 is 10.1 Å². The maximum absolute atomic E-state index is 12.8. The van der Waals surface area contributed by atoms with E-state index in [1.165, 1.54) is 11.3 Å². The number of nitrogens with one attached hydrogen (secondary N) is 1. The second-order valence-electron chi connectivity index (χ2n) is 7.59. The van der Waals surface area contributed by atoms with Gasteiger partial charge < -0.3 is 19.7 Å². The molecule has 2 amide bonds. The molecule has 7 nitrogen and oxygen atoms in total. The van der Waals surface area contributed by atoms with E-state index in [0.717, 1.165) is 27.3 Å². The van der Waals surface area contributed by atoms with Crippen LogP contribution in [0.15, 0.2) is 18.2 Å². The summed E-state index contributed by atoms with van der Waals surface area (Å²) in [5.74, 6) is 0.553. The number of hydrogen-bond acceptors (Lipinski definition) is 6. The molecule has 0 radical (unpaired) electrons. The summed E-state index contributed by atoms with van der Waals surface area (Å²) in [5.41, 5.74) is 3.50. The van der Waals surface area contributed by atoms with Gasteiger partial charge in [-0.15, -0.1) is 11.3 Å². The van der Waals surface area contributed by atoms with Gasteiger partial charge in [0.15, 0.2) is 0 Å². The summed E-state index contributed by atoms with van der Waals surface area (Å²) < 4.78 is 10.5. The molecule has 2 heterocycles. The number of benzene rings is 1. The highest BCUT2D eigenvalue weighted by molar-refractivity contribution is 7.16. The predicted molar refractivity (Wildman–Crippen MR) is 120 cm³/mol. The molecule has 0 unspecified atom stereocenters. The zero-order chi connectivity index (χ0) is 22.5. The first-order chi connectivity index (χ1) is 14.9. The van der Waals surface area contributed by atoms with Gasteiger partial charge in [0.05, 0.1) is 25.8 Å². The number of aryl methyl sites for hydroxylation is 1. The fourth-order valence-electron chi connectivity index (χ4n) is 3.79. The molecule has 0 aliphatic carbocycles. The lowest BCUT2D eigenvalue weighted by molar-refractivity contribution is -0.116. The smallest absolute Gasteiger partial charge is 0.410 e. The molecule has 164 valence electrons. The molecule has 0 saturated heterocycles. The van der Waals surface area contributed by atoms with Crippen LogP contribution in [0, 0.1) is 18.3 Å². The lowest BCUT2D eigenvalue weighted by Gasteiger charge is -2.25. The summed E-state index contributed by atoms with van der Waals surface area (Å²) in [6.45, 7) is 6.97. The highest BCUT2D eigenvalue weighted by Crippen LogP contribution is 2.37. The maximum Gasteiger partial charge on any atom is 0.410 e. The van der Waals surface area contributed by atoms with Gasteiger partial charge in [-0.2, -0.15) is 5.26 Å². The Morgan fingerprint density at radius 1 is 1.39 bits per heavy atom. The lowest BCUT2D eigenvalue weighted by Crippen LogP contribution is -2.35. The van der Waals surface area contributed by atoms with Crippen molar-refractivity contribution in [2.45, 2.75) is 46.1 Å². The molecule has 1 aromatic heterocycles. The van der Waals surface area contributed by atoms with Crippen LogP contribution in [0.25, 0.3) is 0 Å². The highest BCUT2D eigenvalue weighted by Gasteiger charge is 2.28. The van der Waals surface area contributed by atoms with E-state index in [1.54, 1.807) is 18.9 Å². The molecule has 1 aromatic carbocycles. The van der Waals surface area contributed by atoms with Gasteiger partial charge in [-0.25, -0.2) is 4.79 Å². The molecule has 31 heavy (non-hydrogen) atoms. The van der Waals surface area contributed by atoms with Crippen molar-refractivity contribution in [3.63, 3.8) is 0 Å². The van der Waals surface area contributed by atoms with Gasteiger partial charge in [0.1, 0.15) is 16.8 Å². The Balaban J connectivity index is 1.73. The second kappa shape index (κ2) is 9.84. The fraction of sp³-hybridized carbons (Fsp3) is 0.435. The largest absolute Gasteiger partial charge is 0.496 e. The van der Waals surface area contributed by atoms with E-state index >= 15 is 0 Å². The molecule has 1 N–H and O–H groups in total. The zero-order valence-corrected chi connectivity index (χ0v) is 19.1. The molecule has 0 fully saturated rings. The fourth-order valence-corrected chi connectivity index (χ4v) is 5.01. The van der Waals surface area contributed by atoms with Crippen molar-refractivity contribution in [3.05, 3.63) is 45.3 Å². The molecule has 8 heteroatoms. The van der Waals surface area contributed by atoms with E-state index in [9.17, 15) is 14.9 Å². The van der Waals surface area contributed by atoms with E-state index in [-0.39, 0.29) is 24.3 Å². The van der Waals surface area contributed by atoms with Gasteiger partial charge >= 0.3 is 6.09 Å². The second-order valence-corrected chi connectivity index (χ2v) is 8.69. The van der Waals surface area contributed by atoms with Crippen molar-refractivity contribution in [1.82, 2.24) is 4.90 Å². The minimum atomic E-state index is -0.355. The minimum absolute atomic E-state index is 0.0470. The van der Waals surface area contributed by atoms with Gasteiger partial charge in [0.2, 0.25) is 5.91 Å². The monoisotopic (exact) mass is 441 g/mol. The van der Waals surface area contributed by atoms with Crippen LogP contribution in [0.1, 0.15) is 53.3 Å². The first kappa shape index (κ1) is 22.6. The van der Waals surface area contributed by atoms with E-state index in [4.69, 9.17) is 9.47 Å².